The van der Waals surface area contributed by atoms with Crippen LogP contribution in [0.5, 0.6) is 11.5 Å². The minimum atomic E-state index is 0.0748. The van der Waals surface area contributed by atoms with Gasteiger partial charge in [0.2, 0.25) is 5.91 Å². The number of hydrogen-bond donors (Lipinski definition) is 0. The molecule has 2 rings (SSSR count). The lowest BCUT2D eigenvalue weighted by atomic mass is 10.0. The van der Waals surface area contributed by atoms with Crippen LogP contribution in [-0.2, 0) is 11.2 Å². The van der Waals surface area contributed by atoms with Gasteiger partial charge >= 0.3 is 0 Å². The number of rotatable bonds is 7. The highest BCUT2D eigenvalue weighted by atomic mass is 16.5. The molecule has 0 aliphatic carbocycles. The number of anilines is 1. The lowest BCUT2D eigenvalue weighted by Crippen LogP contribution is -2.26. The van der Waals surface area contributed by atoms with Crippen LogP contribution in [0, 0.1) is 0 Å². The summed E-state index contributed by atoms with van der Waals surface area (Å²) in [6.45, 7) is 4.30. The molecule has 0 aliphatic rings. The standard InChI is InChI=1S/C21H27NO3/c1-15(2)17-9-6-10-18(14-17)22(3)20(23)13-12-16-8-7-11-19(24-4)21(16)25-5/h6-11,14-15H,12-13H2,1-5H3. The largest absolute Gasteiger partial charge is 0.493 e. The van der Waals surface area contributed by atoms with Crippen LogP contribution in [0.4, 0.5) is 5.69 Å². The molecule has 0 aliphatic heterocycles. The van der Waals surface area contributed by atoms with Gasteiger partial charge in [0, 0.05) is 19.2 Å². The second-order valence-electron chi connectivity index (χ2n) is 6.36. The SMILES string of the molecule is COc1cccc(CCC(=O)N(C)c2cccc(C(C)C)c2)c1OC. The molecule has 0 atom stereocenters. The molecule has 0 saturated carbocycles. The smallest absolute Gasteiger partial charge is 0.227 e. The molecule has 0 radical (unpaired) electrons. The molecule has 0 saturated heterocycles. The number of carbonyl (C=O) groups is 1. The van der Waals surface area contributed by atoms with Crippen LogP contribution in [0.2, 0.25) is 0 Å². The normalized spacial score (nSPS) is 10.6. The van der Waals surface area contributed by atoms with Crippen molar-refractivity contribution in [2.24, 2.45) is 0 Å². The minimum absolute atomic E-state index is 0.0748. The molecule has 0 N–H and O–H groups in total. The van der Waals surface area contributed by atoms with Crippen molar-refractivity contribution in [2.75, 3.05) is 26.2 Å². The Morgan fingerprint density at radius 2 is 1.80 bits per heavy atom. The van der Waals surface area contributed by atoms with Crippen molar-refractivity contribution in [3.8, 4) is 11.5 Å². The molecule has 2 aromatic carbocycles. The summed E-state index contributed by atoms with van der Waals surface area (Å²) in [6, 6.07) is 13.9. The maximum absolute atomic E-state index is 12.6. The highest BCUT2D eigenvalue weighted by Gasteiger charge is 2.15. The highest BCUT2D eigenvalue weighted by molar-refractivity contribution is 5.93. The first kappa shape index (κ1) is 18.8. The van der Waals surface area contributed by atoms with E-state index in [1.807, 2.05) is 37.4 Å². The molecule has 0 unspecified atom stereocenters. The van der Waals surface area contributed by atoms with E-state index < -0.39 is 0 Å². The topological polar surface area (TPSA) is 38.8 Å². The Labute approximate surface area is 150 Å². The van der Waals surface area contributed by atoms with Crippen LogP contribution in [0.15, 0.2) is 42.5 Å². The number of methoxy groups -OCH3 is 2. The van der Waals surface area contributed by atoms with Crippen molar-refractivity contribution in [1.29, 1.82) is 0 Å². The maximum Gasteiger partial charge on any atom is 0.227 e. The number of amides is 1. The summed E-state index contributed by atoms with van der Waals surface area (Å²) in [5.41, 5.74) is 3.12. The Hall–Kier alpha value is -2.49. The van der Waals surface area contributed by atoms with E-state index in [9.17, 15) is 4.79 Å². The van der Waals surface area contributed by atoms with E-state index in [-0.39, 0.29) is 5.91 Å². The molecule has 0 fully saturated rings. The third kappa shape index (κ3) is 4.53. The van der Waals surface area contributed by atoms with Crippen molar-refractivity contribution in [2.45, 2.75) is 32.6 Å². The molecule has 25 heavy (non-hydrogen) atoms. The van der Waals surface area contributed by atoms with Crippen molar-refractivity contribution in [3.05, 3.63) is 53.6 Å². The van der Waals surface area contributed by atoms with E-state index in [4.69, 9.17) is 9.47 Å². The quantitative estimate of drug-likeness (QED) is 0.748. The van der Waals surface area contributed by atoms with Gasteiger partial charge in [-0.1, -0.05) is 38.1 Å². The van der Waals surface area contributed by atoms with E-state index in [0.29, 0.717) is 30.3 Å². The fourth-order valence-electron chi connectivity index (χ4n) is 2.80. The summed E-state index contributed by atoms with van der Waals surface area (Å²) < 4.78 is 10.8. The van der Waals surface area contributed by atoms with Crippen molar-refractivity contribution in [1.82, 2.24) is 0 Å². The number of ether oxygens (including phenoxy) is 2. The van der Waals surface area contributed by atoms with Crippen molar-refractivity contribution < 1.29 is 14.3 Å². The molecule has 0 heterocycles. The molecule has 2 aromatic rings. The van der Waals surface area contributed by atoms with Crippen LogP contribution in [0.1, 0.15) is 37.3 Å². The Kier molecular flexibility index (Phi) is 6.45. The van der Waals surface area contributed by atoms with Gasteiger partial charge in [-0.25, -0.2) is 0 Å². The summed E-state index contributed by atoms with van der Waals surface area (Å²) in [5, 5.41) is 0. The van der Waals surface area contributed by atoms with Gasteiger partial charge in [-0.3, -0.25) is 4.79 Å². The zero-order chi connectivity index (χ0) is 18.4. The van der Waals surface area contributed by atoms with Gasteiger partial charge < -0.3 is 14.4 Å². The third-order valence-corrected chi connectivity index (χ3v) is 4.39. The number of nitrogens with zero attached hydrogens (tertiary/aromatic N) is 1. The lowest BCUT2D eigenvalue weighted by molar-refractivity contribution is -0.118. The number of benzene rings is 2. The van der Waals surface area contributed by atoms with Crippen LogP contribution in [0.25, 0.3) is 0 Å². The van der Waals surface area contributed by atoms with E-state index >= 15 is 0 Å². The molecule has 1 amide bonds. The van der Waals surface area contributed by atoms with Gasteiger partial charge in [0.05, 0.1) is 14.2 Å². The molecular weight excluding hydrogens is 314 g/mol. The summed E-state index contributed by atoms with van der Waals surface area (Å²) >= 11 is 0. The summed E-state index contributed by atoms with van der Waals surface area (Å²) in [4.78, 5) is 14.3. The van der Waals surface area contributed by atoms with Gasteiger partial charge in [0.25, 0.3) is 0 Å². The molecule has 0 bridgehead atoms. The highest BCUT2D eigenvalue weighted by Crippen LogP contribution is 2.31. The number of carbonyl (C=O) groups excluding carboxylic acids is 1. The monoisotopic (exact) mass is 341 g/mol. The van der Waals surface area contributed by atoms with Crippen LogP contribution in [-0.4, -0.2) is 27.2 Å². The van der Waals surface area contributed by atoms with Gasteiger partial charge in [-0.2, -0.15) is 0 Å². The predicted molar refractivity (Wildman–Crippen MR) is 102 cm³/mol. The average molecular weight is 341 g/mol. The van der Waals surface area contributed by atoms with E-state index in [0.717, 1.165) is 11.3 Å². The van der Waals surface area contributed by atoms with E-state index in [2.05, 4.69) is 26.0 Å². The maximum atomic E-state index is 12.6. The predicted octanol–water partition coefficient (Wildman–Crippen LogP) is 4.42. The second-order valence-corrected chi connectivity index (χ2v) is 6.36. The minimum Gasteiger partial charge on any atom is -0.493 e. The Morgan fingerprint density at radius 1 is 1.08 bits per heavy atom. The van der Waals surface area contributed by atoms with Crippen molar-refractivity contribution >= 4 is 11.6 Å². The first-order valence-corrected chi connectivity index (χ1v) is 8.54. The van der Waals surface area contributed by atoms with Gasteiger partial charge in [0.1, 0.15) is 0 Å². The average Bonchev–Trinajstić information content (AvgIpc) is 2.64. The van der Waals surface area contributed by atoms with Crippen molar-refractivity contribution in [3.63, 3.8) is 0 Å². The number of aryl methyl sites for hydroxylation is 1. The fourth-order valence-corrected chi connectivity index (χ4v) is 2.80. The molecular formula is C21H27NO3. The molecule has 134 valence electrons. The molecule has 0 aromatic heterocycles. The lowest BCUT2D eigenvalue weighted by Gasteiger charge is -2.19. The number of hydrogen-bond acceptors (Lipinski definition) is 3. The Morgan fingerprint density at radius 3 is 2.44 bits per heavy atom. The number of para-hydroxylation sites is 1. The Bertz CT molecular complexity index is 725. The zero-order valence-electron chi connectivity index (χ0n) is 15.7. The Balaban J connectivity index is 2.09. The van der Waals surface area contributed by atoms with Crippen LogP contribution in [0.3, 0.4) is 0 Å². The summed E-state index contributed by atoms with van der Waals surface area (Å²) in [7, 11) is 5.06. The molecule has 0 spiro atoms. The van der Waals surface area contributed by atoms with E-state index in [1.165, 1.54) is 5.56 Å². The van der Waals surface area contributed by atoms with E-state index in [1.54, 1.807) is 19.1 Å². The first-order valence-electron chi connectivity index (χ1n) is 8.54. The summed E-state index contributed by atoms with van der Waals surface area (Å²) in [6.07, 6.45) is 1.01. The third-order valence-electron chi connectivity index (χ3n) is 4.39. The van der Waals surface area contributed by atoms with Gasteiger partial charge in [0.15, 0.2) is 11.5 Å². The van der Waals surface area contributed by atoms with Crippen LogP contribution >= 0.6 is 0 Å². The van der Waals surface area contributed by atoms with Gasteiger partial charge in [-0.15, -0.1) is 0 Å². The molecule has 4 nitrogen and oxygen atoms in total. The van der Waals surface area contributed by atoms with Crippen LogP contribution < -0.4 is 14.4 Å². The fraction of sp³-hybridized carbons (Fsp3) is 0.381. The summed E-state index contributed by atoms with van der Waals surface area (Å²) in [5.74, 6) is 1.89. The molecule has 4 heteroatoms. The second kappa shape index (κ2) is 8.56. The first-order chi connectivity index (χ1) is 12.0. The zero-order valence-corrected chi connectivity index (χ0v) is 15.7. The van der Waals surface area contributed by atoms with Gasteiger partial charge in [-0.05, 0) is 41.7 Å².